The monoisotopic (exact) mass is 364 g/mol. The van der Waals surface area contributed by atoms with E-state index in [9.17, 15) is 4.79 Å². The zero-order valence-electron chi connectivity index (χ0n) is 13.8. The number of carbonyl (C=O) groups is 1. The summed E-state index contributed by atoms with van der Waals surface area (Å²) in [5, 5.41) is 7.72. The topological polar surface area (TPSA) is 53.9 Å². The summed E-state index contributed by atoms with van der Waals surface area (Å²) in [5.74, 6) is 1.81. The number of rotatable bonds is 3. The van der Waals surface area contributed by atoms with Gasteiger partial charge in [0.25, 0.3) is 0 Å². The Hall–Kier alpha value is -1.66. The van der Waals surface area contributed by atoms with Gasteiger partial charge in [0.15, 0.2) is 10.6 Å². The van der Waals surface area contributed by atoms with Crippen LogP contribution in [0.1, 0.15) is 20.3 Å². The van der Waals surface area contributed by atoms with Crippen LogP contribution in [0.3, 0.4) is 0 Å². The normalized spacial score (nSPS) is 21.0. The molecule has 3 rings (SSSR count). The molecule has 0 bridgehead atoms. The van der Waals surface area contributed by atoms with Gasteiger partial charge in [-0.05, 0) is 54.7 Å². The lowest BCUT2D eigenvalue weighted by Gasteiger charge is -2.35. The van der Waals surface area contributed by atoms with Crippen molar-refractivity contribution in [1.82, 2.24) is 19.7 Å². The number of aromatic amines is 1. The second kappa shape index (κ2) is 7.07. The third-order valence-electron chi connectivity index (χ3n) is 4.38. The SMILES string of the molecule is CC1CC(C)CN(C(=O)Cn2c(-c3ccc(Cl)cc3)n[nH]c2=S)C1. The number of piperidine rings is 1. The highest BCUT2D eigenvalue weighted by Crippen LogP contribution is 2.23. The number of nitrogens with one attached hydrogen (secondary N) is 1. The predicted octanol–water partition coefficient (Wildman–Crippen LogP) is 3.77. The zero-order chi connectivity index (χ0) is 17.3. The first kappa shape index (κ1) is 17.2. The van der Waals surface area contributed by atoms with Crippen molar-refractivity contribution >= 4 is 29.7 Å². The maximum absolute atomic E-state index is 12.7. The summed E-state index contributed by atoms with van der Waals surface area (Å²) in [6.45, 7) is 6.21. The maximum atomic E-state index is 12.7. The van der Waals surface area contributed by atoms with E-state index < -0.39 is 0 Å². The van der Waals surface area contributed by atoms with Crippen LogP contribution in [0, 0.1) is 16.6 Å². The van der Waals surface area contributed by atoms with Gasteiger partial charge in [-0.2, -0.15) is 5.10 Å². The smallest absolute Gasteiger partial charge is 0.242 e. The van der Waals surface area contributed by atoms with E-state index in [-0.39, 0.29) is 12.5 Å². The first-order chi connectivity index (χ1) is 11.4. The molecule has 1 aliphatic rings. The summed E-state index contributed by atoms with van der Waals surface area (Å²) >= 11 is 11.3. The van der Waals surface area contributed by atoms with Gasteiger partial charge >= 0.3 is 0 Å². The second-order valence-corrected chi connectivity index (χ2v) is 7.51. The molecule has 7 heteroatoms. The van der Waals surface area contributed by atoms with Crippen molar-refractivity contribution < 1.29 is 4.79 Å². The van der Waals surface area contributed by atoms with Crippen LogP contribution in [0.5, 0.6) is 0 Å². The Morgan fingerprint density at radius 3 is 2.54 bits per heavy atom. The van der Waals surface area contributed by atoms with E-state index in [2.05, 4.69) is 24.0 Å². The van der Waals surface area contributed by atoms with Gasteiger partial charge in [-0.3, -0.25) is 14.5 Å². The highest BCUT2D eigenvalue weighted by Gasteiger charge is 2.26. The van der Waals surface area contributed by atoms with E-state index in [4.69, 9.17) is 23.8 Å². The molecule has 1 amide bonds. The molecule has 1 aromatic carbocycles. The van der Waals surface area contributed by atoms with E-state index in [0.717, 1.165) is 18.7 Å². The Kier molecular flexibility index (Phi) is 5.06. The zero-order valence-corrected chi connectivity index (χ0v) is 15.4. The van der Waals surface area contributed by atoms with E-state index in [1.165, 1.54) is 6.42 Å². The van der Waals surface area contributed by atoms with Crippen molar-refractivity contribution in [2.24, 2.45) is 11.8 Å². The molecule has 2 unspecified atom stereocenters. The molecule has 1 N–H and O–H groups in total. The van der Waals surface area contributed by atoms with E-state index in [0.29, 0.717) is 27.5 Å². The number of benzene rings is 1. The number of hydrogen-bond donors (Lipinski definition) is 1. The molecule has 2 atom stereocenters. The standard InChI is InChI=1S/C17H21ClN4OS/c1-11-7-12(2)9-21(8-11)15(23)10-22-16(19-20-17(22)24)13-3-5-14(18)6-4-13/h3-6,11-12H,7-10H2,1-2H3,(H,20,24). The lowest BCUT2D eigenvalue weighted by molar-refractivity contribution is -0.134. The molecule has 0 spiro atoms. The van der Waals surface area contributed by atoms with Gasteiger partial charge in [0.05, 0.1) is 0 Å². The third kappa shape index (κ3) is 3.70. The first-order valence-electron chi connectivity index (χ1n) is 8.13. The van der Waals surface area contributed by atoms with Crippen molar-refractivity contribution in [2.45, 2.75) is 26.8 Å². The predicted molar refractivity (Wildman–Crippen MR) is 97.4 cm³/mol. The minimum Gasteiger partial charge on any atom is -0.341 e. The van der Waals surface area contributed by atoms with Crippen molar-refractivity contribution in [1.29, 1.82) is 0 Å². The molecule has 0 radical (unpaired) electrons. The van der Waals surface area contributed by atoms with E-state index >= 15 is 0 Å². The van der Waals surface area contributed by atoms with Crippen molar-refractivity contribution in [2.75, 3.05) is 13.1 Å². The van der Waals surface area contributed by atoms with Gasteiger partial charge in [-0.15, -0.1) is 0 Å². The maximum Gasteiger partial charge on any atom is 0.242 e. The number of nitrogens with zero attached hydrogens (tertiary/aromatic N) is 3. The van der Waals surface area contributed by atoms with Crippen LogP contribution in [-0.2, 0) is 11.3 Å². The molecule has 1 fully saturated rings. The largest absolute Gasteiger partial charge is 0.341 e. The van der Waals surface area contributed by atoms with Gasteiger partial charge in [-0.1, -0.05) is 25.4 Å². The molecule has 128 valence electrons. The molecule has 24 heavy (non-hydrogen) atoms. The Morgan fingerprint density at radius 2 is 1.92 bits per heavy atom. The summed E-state index contributed by atoms with van der Waals surface area (Å²) in [6, 6.07) is 7.35. The molecule has 2 aromatic rings. The molecule has 0 saturated carbocycles. The number of likely N-dealkylation sites (tertiary alicyclic amines) is 1. The Morgan fingerprint density at radius 1 is 1.29 bits per heavy atom. The van der Waals surface area contributed by atoms with Crippen molar-refractivity contribution in [3.8, 4) is 11.4 Å². The lowest BCUT2D eigenvalue weighted by atomic mass is 9.92. The summed E-state index contributed by atoms with van der Waals surface area (Å²) in [7, 11) is 0. The number of aromatic nitrogens is 3. The number of carbonyl (C=O) groups excluding carboxylic acids is 1. The highest BCUT2D eigenvalue weighted by atomic mass is 35.5. The fourth-order valence-corrected chi connectivity index (χ4v) is 3.71. The molecular formula is C17H21ClN4OS. The van der Waals surface area contributed by atoms with Crippen LogP contribution >= 0.6 is 23.8 Å². The van der Waals surface area contributed by atoms with Gasteiger partial charge in [0.1, 0.15) is 6.54 Å². The van der Waals surface area contributed by atoms with Gasteiger partial charge in [0, 0.05) is 23.7 Å². The summed E-state index contributed by atoms with van der Waals surface area (Å²) in [5.41, 5.74) is 0.875. The third-order valence-corrected chi connectivity index (χ3v) is 4.94. The van der Waals surface area contributed by atoms with Crippen LogP contribution in [-0.4, -0.2) is 38.7 Å². The first-order valence-corrected chi connectivity index (χ1v) is 8.91. The number of halogens is 1. The van der Waals surface area contributed by atoms with Crippen LogP contribution in [0.2, 0.25) is 5.02 Å². The molecule has 1 saturated heterocycles. The molecule has 0 aliphatic carbocycles. The minimum atomic E-state index is 0.0844. The molecular weight excluding hydrogens is 344 g/mol. The summed E-state index contributed by atoms with van der Waals surface area (Å²) < 4.78 is 2.21. The molecule has 5 nitrogen and oxygen atoms in total. The average molecular weight is 365 g/mol. The molecule has 2 heterocycles. The minimum absolute atomic E-state index is 0.0844. The van der Waals surface area contributed by atoms with Gasteiger partial charge < -0.3 is 4.90 Å². The molecule has 1 aromatic heterocycles. The number of H-pyrrole nitrogens is 1. The number of amides is 1. The summed E-state index contributed by atoms with van der Waals surface area (Å²) in [4.78, 5) is 14.7. The quantitative estimate of drug-likeness (QED) is 0.843. The Balaban J connectivity index is 1.82. The van der Waals surface area contributed by atoms with E-state index in [1.54, 1.807) is 16.7 Å². The van der Waals surface area contributed by atoms with Crippen LogP contribution < -0.4 is 0 Å². The van der Waals surface area contributed by atoms with Crippen molar-refractivity contribution in [3.05, 3.63) is 34.1 Å². The second-order valence-electron chi connectivity index (χ2n) is 6.69. The van der Waals surface area contributed by atoms with Gasteiger partial charge in [0.2, 0.25) is 5.91 Å². The Labute approximate surface area is 151 Å². The van der Waals surface area contributed by atoms with Crippen molar-refractivity contribution in [3.63, 3.8) is 0 Å². The average Bonchev–Trinajstić information content (AvgIpc) is 2.88. The van der Waals surface area contributed by atoms with Crippen LogP contribution in [0.25, 0.3) is 11.4 Å². The van der Waals surface area contributed by atoms with E-state index in [1.807, 2.05) is 17.0 Å². The molecule has 1 aliphatic heterocycles. The fraction of sp³-hybridized carbons (Fsp3) is 0.471. The lowest BCUT2D eigenvalue weighted by Crippen LogP contribution is -2.44. The summed E-state index contributed by atoms with van der Waals surface area (Å²) in [6.07, 6.45) is 1.17. The highest BCUT2D eigenvalue weighted by molar-refractivity contribution is 7.71. The van der Waals surface area contributed by atoms with Gasteiger partial charge in [-0.25, -0.2) is 0 Å². The van der Waals surface area contributed by atoms with Crippen LogP contribution in [0.4, 0.5) is 0 Å². The van der Waals surface area contributed by atoms with Crippen LogP contribution in [0.15, 0.2) is 24.3 Å². The fourth-order valence-electron chi connectivity index (χ4n) is 3.39. The Bertz CT molecular complexity index is 773. The number of hydrogen-bond acceptors (Lipinski definition) is 3.